The van der Waals surface area contributed by atoms with E-state index >= 15 is 0 Å². The summed E-state index contributed by atoms with van der Waals surface area (Å²) in [6.45, 7) is 2.25. The molecule has 1 unspecified atom stereocenters. The number of anilines is 1. The van der Waals surface area contributed by atoms with Gasteiger partial charge in [-0.3, -0.25) is 4.98 Å². The quantitative estimate of drug-likeness (QED) is 0.806. The number of aliphatic hydroxyl groups excluding tert-OH is 1. The zero-order valence-corrected chi connectivity index (χ0v) is 11.1. The molecule has 1 heterocycles. The number of aliphatic hydroxyl groups is 1. The maximum Gasteiger partial charge on any atom is 0.0888 e. The maximum absolute atomic E-state index is 9.24. The normalized spacial score (nSPS) is 12.3. The molecule has 2 rings (SSSR count). The number of hydrogen-bond donors (Lipinski definition) is 2. The van der Waals surface area contributed by atoms with Crippen LogP contribution >= 0.6 is 0 Å². The molecule has 0 aliphatic carbocycles. The molecule has 0 radical (unpaired) electrons. The summed E-state index contributed by atoms with van der Waals surface area (Å²) in [5.74, 6) is 0.246. The molecule has 0 aliphatic rings. The minimum absolute atomic E-state index is 0.185. The number of nitrogens with two attached hydrogens (primary N) is 1. The standard InChI is InChI=1S/C15H19N3O/c1-2-11(10-19)7-14-8-17-9-15(18-14)12-3-5-13(16)6-4-12/h3-6,8-9,11,19H,2,7,10,16H2,1H3. The first-order valence-corrected chi connectivity index (χ1v) is 6.50. The lowest BCUT2D eigenvalue weighted by Crippen LogP contribution is -2.09. The van der Waals surface area contributed by atoms with Gasteiger partial charge in [0.15, 0.2) is 0 Å². The molecule has 1 aromatic carbocycles. The Labute approximate surface area is 113 Å². The van der Waals surface area contributed by atoms with Gasteiger partial charge in [-0.1, -0.05) is 25.5 Å². The minimum atomic E-state index is 0.185. The minimum Gasteiger partial charge on any atom is -0.399 e. The van der Waals surface area contributed by atoms with E-state index < -0.39 is 0 Å². The molecule has 3 N–H and O–H groups in total. The van der Waals surface area contributed by atoms with Gasteiger partial charge < -0.3 is 10.8 Å². The number of benzene rings is 1. The second kappa shape index (κ2) is 6.29. The van der Waals surface area contributed by atoms with Crippen molar-refractivity contribution in [3.05, 3.63) is 42.4 Å². The number of aromatic nitrogens is 2. The fraction of sp³-hybridized carbons (Fsp3) is 0.333. The first-order chi connectivity index (χ1) is 9.22. The van der Waals surface area contributed by atoms with E-state index in [-0.39, 0.29) is 12.5 Å². The molecule has 0 aliphatic heterocycles. The highest BCUT2D eigenvalue weighted by atomic mass is 16.3. The molecule has 0 bridgehead atoms. The lowest BCUT2D eigenvalue weighted by atomic mass is 10.0. The fourth-order valence-corrected chi connectivity index (χ4v) is 1.93. The average molecular weight is 257 g/mol. The summed E-state index contributed by atoms with van der Waals surface area (Å²) in [6, 6.07) is 7.58. The Balaban J connectivity index is 2.21. The predicted molar refractivity (Wildman–Crippen MR) is 76.5 cm³/mol. The van der Waals surface area contributed by atoms with Crippen LogP contribution in [0.4, 0.5) is 5.69 Å². The van der Waals surface area contributed by atoms with Crippen molar-refractivity contribution in [2.24, 2.45) is 5.92 Å². The Morgan fingerprint density at radius 3 is 2.58 bits per heavy atom. The summed E-state index contributed by atoms with van der Waals surface area (Å²) in [6.07, 6.45) is 5.20. The first kappa shape index (κ1) is 13.5. The van der Waals surface area contributed by atoms with Crippen LogP contribution in [0.2, 0.25) is 0 Å². The third-order valence-electron chi connectivity index (χ3n) is 3.22. The summed E-state index contributed by atoms with van der Waals surface area (Å²) in [5, 5.41) is 9.24. The van der Waals surface area contributed by atoms with Gasteiger partial charge in [0.25, 0.3) is 0 Å². The molecule has 100 valence electrons. The van der Waals surface area contributed by atoms with Gasteiger partial charge in [0.1, 0.15) is 0 Å². The molecule has 2 aromatic rings. The van der Waals surface area contributed by atoms with E-state index in [0.29, 0.717) is 0 Å². The van der Waals surface area contributed by atoms with Crippen LogP contribution in [0.25, 0.3) is 11.3 Å². The van der Waals surface area contributed by atoms with Crippen LogP contribution in [0, 0.1) is 5.92 Å². The van der Waals surface area contributed by atoms with Crippen molar-refractivity contribution >= 4 is 5.69 Å². The zero-order valence-electron chi connectivity index (χ0n) is 11.1. The van der Waals surface area contributed by atoms with Gasteiger partial charge in [-0.05, 0) is 24.5 Å². The average Bonchev–Trinajstić information content (AvgIpc) is 2.46. The van der Waals surface area contributed by atoms with Gasteiger partial charge in [-0.25, -0.2) is 4.98 Å². The van der Waals surface area contributed by atoms with Crippen LogP contribution in [0.3, 0.4) is 0 Å². The Bertz CT molecular complexity index is 521. The lowest BCUT2D eigenvalue weighted by molar-refractivity contribution is 0.221. The van der Waals surface area contributed by atoms with Crippen LogP contribution in [0.5, 0.6) is 0 Å². The summed E-state index contributed by atoms with van der Waals surface area (Å²) < 4.78 is 0. The van der Waals surface area contributed by atoms with E-state index in [1.54, 1.807) is 12.4 Å². The molecule has 1 aromatic heterocycles. The Kier molecular flexibility index (Phi) is 4.47. The van der Waals surface area contributed by atoms with Crippen LogP contribution in [-0.2, 0) is 6.42 Å². The molecular formula is C15H19N3O. The largest absolute Gasteiger partial charge is 0.399 e. The van der Waals surface area contributed by atoms with Crippen LogP contribution in [0.15, 0.2) is 36.7 Å². The molecule has 0 saturated heterocycles. The van der Waals surface area contributed by atoms with E-state index in [2.05, 4.69) is 16.9 Å². The van der Waals surface area contributed by atoms with E-state index in [4.69, 9.17) is 5.73 Å². The lowest BCUT2D eigenvalue weighted by Gasteiger charge is -2.11. The third-order valence-corrected chi connectivity index (χ3v) is 3.22. The second-order valence-corrected chi connectivity index (χ2v) is 4.68. The monoisotopic (exact) mass is 257 g/mol. The second-order valence-electron chi connectivity index (χ2n) is 4.68. The van der Waals surface area contributed by atoms with E-state index in [1.807, 2.05) is 24.3 Å². The van der Waals surface area contributed by atoms with Crippen LogP contribution < -0.4 is 5.73 Å². The van der Waals surface area contributed by atoms with Crippen molar-refractivity contribution in [2.45, 2.75) is 19.8 Å². The number of nitrogens with zero attached hydrogens (tertiary/aromatic N) is 2. The Morgan fingerprint density at radius 1 is 1.21 bits per heavy atom. The van der Waals surface area contributed by atoms with Gasteiger partial charge in [0.2, 0.25) is 0 Å². The molecule has 4 heteroatoms. The Morgan fingerprint density at radius 2 is 1.95 bits per heavy atom. The van der Waals surface area contributed by atoms with Crippen LogP contribution in [0.1, 0.15) is 19.0 Å². The van der Waals surface area contributed by atoms with E-state index in [0.717, 1.165) is 35.5 Å². The maximum atomic E-state index is 9.24. The highest BCUT2D eigenvalue weighted by Gasteiger charge is 2.08. The van der Waals surface area contributed by atoms with Crippen molar-refractivity contribution in [1.29, 1.82) is 0 Å². The first-order valence-electron chi connectivity index (χ1n) is 6.50. The third kappa shape index (κ3) is 3.51. The zero-order chi connectivity index (χ0) is 13.7. The highest BCUT2D eigenvalue weighted by molar-refractivity contribution is 5.61. The summed E-state index contributed by atoms with van der Waals surface area (Å²) in [5.41, 5.74) is 9.16. The number of nitrogen functional groups attached to an aromatic ring is 1. The van der Waals surface area contributed by atoms with Crippen molar-refractivity contribution in [3.63, 3.8) is 0 Å². The summed E-state index contributed by atoms with van der Waals surface area (Å²) in [7, 11) is 0. The topological polar surface area (TPSA) is 72.0 Å². The van der Waals surface area contributed by atoms with Crippen molar-refractivity contribution in [2.75, 3.05) is 12.3 Å². The van der Waals surface area contributed by atoms with Crippen molar-refractivity contribution in [1.82, 2.24) is 9.97 Å². The van der Waals surface area contributed by atoms with Gasteiger partial charge in [0.05, 0.1) is 17.6 Å². The molecule has 0 amide bonds. The number of hydrogen-bond acceptors (Lipinski definition) is 4. The molecular weight excluding hydrogens is 238 g/mol. The molecule has 19 heavy (non-hydrogen) atoms. The molecule has 1 atom stereocenters. The molecule has 0 spiro atoms. The van der Waals surface area contributed by atoms with Crippen molar-refractivity contribution in [3.8, 4) is 11.3 Å². The van der Waals surface area contributed by atoms with E-state index in [1.165, 1.54) is 0 Å². The molecule has 0 saturated carbocycles. The van der Waals surface area contributed by atoms with Gasteiger partial charge in [-0.15, -0.1) is 0 Å². The van der Waals surface area contributed by atoms with Gasteiger partial charge in [0, 0.05) is 24.1 Å². The SMILES string of the molecule is CCC(CO)Cc1cncc(-c2ccc(N)cc2)n1. The number of rotatable bonds is 5. The Hall–Kier alpha value is -1.94. The fourth-order valence-electron chi connectivity index (χ4n) is 1.93. The predicted octanol–water partition coefficient (Wildman–Crippen LogP) is 2.29. The van der Waals surface area contributed by atoms with E-state index in [9.17, 15) is 5.11 Å². The van der Waals surface area contributed by atoms with Gasteiger partial charge in [-0.2, -0.15) is 0 Å². The summed E-state index contributed by atoms with van der Waals surface area (Å²) in [4.78, 5) is 8.82. The summed E-state index contributed by atoms with van der Waals surface area (Å²) >= 11 is 0. The highest BCUT2D eigenvalue weighted by Crippen LogP contribution is 2.19. The van der Waals surface area contributed by atoms with Crippen molar-refractivity contribution < 1.29 is 5.11 Å². The van der Waals surface area contributed by atoms with Crippen LogP contribution in [-0.4, -0.2) is 21.7 Å². The van der Waals surface area contributed by atoms with Gasteiger partial charge >= 0.3 is 0 Å². The molecule has 0 fully saturated rings. The molecule has 4 nitrogen and oxygen atoms in total. The smallest absolute Gasteiger partial charge is 0.0888 e.